The van der Waals surface area contributed by atoms with E-state index in [1.165, 1.54) is 0 Å². The molecule has 0 fully saturated rings. The van der Waals surface area contributed by atoms with E-state index < -0.39 is 31.2 Å². The van der Waals surface area contributed by atoms with E-state index in [4.69, 9.17) is 80.1 Å². The van der Waals surface area contributed by atoms with Crippen molar-refractivity contribution < 1.29 is 22.1 Å². The third-order valence-electron chi connectivity index (χ3n) is 7.47. The van der Waals surface area contributed by atoms with Crippen molar-refractivity contribution in [2.45, 2.75) is 94.0 Å². The normalized spacial score (nSPS) is 15.7. The van der Waals surface area contributed by atoms with Crippen LogP contribution in [0.3, 0.4) is 0 Å². The van der Waals surface area contributed by atoms with Gasteiger partial charge in [0.15, 0.2) is 0 Å². The second-order valence-electron chi connectivity index (χ2n) is 10.1. The highest BCUT2D eigenvalue weighted by Gasteiger charge is 2.60. The van der Waals surface area contributed by atoms with Gasteiger partial charge in [-0.1, -0.05) is 62.4 Å². The smallest absolute Gasteiger partial charge is 0.393 e. The van der Waals surface area contributed by atoms with Crippen LogP contribution in [0.2, 0.25) is 6.55 Å². The fourth-order valence-electron chi connectivity index (χ4n) is 5.15. The van der Waals surface area contributed by atoms with Crippen LogP contribution in [-0.4, -0.2) is 50.4 Å². The Labute approximate surface area is 293 Å². The number of benzene rings is 2. The molecule has 0 aliphatic rings. The van der Waals surface area contributed by atoms with Gasteiger partial charge >= 0.3 is 17.4 Å². The van der Waals surface area contributed by atoms with E-state index in [1.54, 1.807) is 0 Å². The monoisotopic (exact) mass is 746 g/mol. The first-order chi connectivity index (χ1) is 20.7. The molecule has 0 bridgehead atoms. The van der Waals surface area contributed by atoms with Crippen molar-refractivity contribution in [2.24, 2.45) is 0 Å². The third kappa shape index (κ3) is 10.1. The average Bonchev–Trinajstić information content (AvgIpc) is 3.01. The minimum atomic E-state index is -3.10. The van der Waals surface area contributed by atoms with Crippen molar-refractivity contribution in [1.29, 1.82) is 0 Å². The Morgan fingerprint density at radius 3 is 1.20 bits per heavy atom. The van der Waals surface area contributed by atoms with Gasteiger partial charge < -0.3 is 22.1 Å². The number of rotatable bonds is 18. The maximum atomic E-state index is 7.09. The van der Waals surface area contributed by atoms with Gasteiger partial charge in [0.25, 0.3) is 0 Å². The van der Waals surface area contributed by atoms with E-state index in [1.807, 2.05) is 104 Å². The Morgan fingerprint density at radius 2 is 0.909 bits per heavy atom. The molecule has 0 N–H and O–H groups in total. The summed E-state index contributed by atoms with van der Waals surface area (Å²) in [5.74, 6) is 0. The summed E-state index contributed by atoms with van der Waals surface area (Å²) in [5, 5.41) is -0.0388. The third-order valence-corrected chi connectivity index (χ3v) is 18.3. The van der Waals surface area contributed by atoms with Crippen LogP contribution in [0.25, 0.3) is 0 Å². The Kier molecular flexibility index (Phi) is 19.0. The van der Waals surface area contributed by atoms with Crippen molar-refractivity contribution in [3.8, 4) is 0 Å². The lowest BCUT2D eigenvalue weighted by Gasteiger charge is -2.41. The molecule has 12 heteroatoms. The summed E-state index contributed by atoms with van der Waals surface area (Å²) < 4.78 is 28.6. The molecule has 3 atom stereocenters. The summed E-state index contributed by atoms with van der Waals surface area (Å²) in [4.78, 5) is -0.534. The van der Waals surface area contributed by atoms with Crippen molar-refractivity contribution >= 4 is 75.4 Å². The van der Waals surface area contributed by atoms with Crippen LogP contribution < -0.4 is 0 Å². The molecule has 0 heterocycles. The van der Waals surface area contributed by atoms with Gasteiger partial charge in [0.05, 0.1) is 5.38 Å². The lowest BCUT2D eigenvalue weighted by atomic mass is 10.1. The molecule has 0 aliphatic carbocycles. The summed E-state index contributed by atoms with van der Waals surface area (Å²) in [7, 11) is -5.69. The maximum absolute atomic E-state index is 7.09. The zero-order valence-corrected chi connectivity index (χ0v) is 33.4. The minimum absolute atomic E-state index is 0.0388. The number of halogens is 5. The molecule has 2 aromatic carbocycles. The standard InChI is InChI=1S/C17H28Cl2O3Si.C15H23Cl3O2Si/c1-6-17(19,16-12-10-15(11-13-16)14(5)18)23(20-7-2,21-8-3)22-9-4;1-5-15(18,21(4,19-6-2)20-7-3)13-10-8-12(9-11-13)14(16)17/h10-14H,6-9H2,1-5H3;8-11,14H,5-7H2,1-4H3. The summed E-state index contributed by atoms with van der Waals surface area (Å²) in [6, 6.07) is 15.7. The summed E-state index contributed by atoms with van der Waals surface area (Å²) >= 11 is 32.0. The van der Waals surface area contributed by atoms with Crippen LogP contribution in [0.1, 0.15) is 101 Å². The number of alkyl halides is 5. The fourth-order valence-corrected chi connectivity index (χ4v) is 12.7. The largest absolute Gasteiger partial charge is 0.527 e. The second kappa shape index (κ2) is 19.8. The lowest BCUT2D eigenvalue weighted by Crippen LogP contribution is -2.60. The Balaban J connectivity index is 0.000000442. The Hall–Kier alpha value is 0.124. The van der Waals surface area contributed by atoms with Gasteiger partial charge in [0.2, 0.25) is 0 Å². The second-order valence-corrected chi connectivity index (χ2v) is 20.0. The highest BCUT2D eigenvalue weighted by atomic mass is 35.5. The van der Waals surface area contributed by atoms with Gasteiger partial charge in [0, 0.05) is 33.0 Å². The highest BCUT2D eigenvalue weighted by Crippen LogP contribution is 2.45. The van der Waals surface area contributed by atoms with Crippen molar-refractivity contribution in [1.82, 2.24) is 0 Å². The molecule has 0 amide bonds. The maximum Gasteiger partial charge on any atom is 0.527 e. The first-order valence-corrected chi connectivity index (χ1v) is 21.6. The lowest BCUT2D eigenvalue weighted by molar-refractivity contribution is 0.0554. The molecule has 5 nitrogen and oxygen atoms in total. The van der Waals surface area contributed by atoms with E-state index in [0.717, 1.165) is 28.7 Å². The molecule has 0 aromatic heterocycles. The van der Waals surface area contributed by atoms with E-state index in [2.05, 4.69) is 6.92 Å². The van der Waals surface area contributed by atoms with E-state index >= 15 is 0 Å². The SMILES string of the molecule is CCO[Si](C)(OCC)C(Cl)(CC)c1ccc(C(Cl)Cl)cc1.CCO[Si](OCC)(OCC)C(Cl)(CC)c1ccc(C(C)Cl)cc1. The van der Waals surface area contributed by atoms with Crippen LogP contribution in [0, 0.1) is 0 Å². The highest BCUT2D eigenvalue weighted by molar-refractivity contribution is 6.77. The van der Waals surface area contributed by atoms with E-state index in [0.29, 0.717) is 39.5 Å². The molecule has 252 valence electrons. The van der Waals surface area contributed by atoms with Crippen LogP contribution in [0.15, 0.2) is 48.5 Å². The van der Waals surface area contributed by atoms with E-state index in [-0.39, 0.29) is 5.38 Å². The predicted molar refractivity (Wildman–Crippen MR) is 193 cm³/mol. The Bertz CT molecular complexity index is 1050. The molecule has 0 aliphatic heterocycles. The summed E-state index contributed by atoms with van der Waals surface area (Å²) in [6.45, 7) is 20.5. The molecule has 0 spiro atoms. The van der Waals surface area contributed by atoms with Crippen LogP contribution in [0.4, 0.5) is 0 Å². The minimum Gasteiger partial charge on any atom is -0.393 e. The molecule has 2 aromatic rings. The first kappa shape index (κ1) is 42.1. The van der Waals surface area contributed by atoms with Crippen LogP contribution >= 0.6 is 58.0 Å². The van der Waals surface area contributed by atoms with Gasteiger partial charge in [-0.05, 0) is 83.2 Å². The number of hydrogen-bond acceptors (Lipinski definition) is 5. The van der Waals surface area contributed by atoms with Crippen molar-refractivity contribution in [2.75, 3.05) is 33.0 Å². The van der Waals surface area contributed by atoms with Gasteiger partial charge in [-0.25, -0.2) is 0 Å². The predicted octanol–water partition coefficient (Wildman–Crippen LogP) is 11.1. The van der Waals surface area contributed by atoms with Crippen LogP contribution in [0.5, 0.6) is 0 Å². The first-order valence-electron chi connectivity index (χ1n) is 15.5. The summed E-state index contributed by atoms with van der Waals surface area (Å²) in [5.41, 5.74) is 3.85. The van der Waals surface area contributed by atoms with Crippen LogP contribution in [-0.2, 0) is 31.1 Å². The van der Waals surface area contributed by atoms with E-state index in [9.17, 15) is 0 Å². The van der Waals surface area contributed by atoms with Gasteiger partial charge in [-0.15, -0.1) is 58.0 Å². The van der Waals surface area contributed by atoms with Crippen molar-refractivity contribution in [3.05, 3.63) is 70.8 Å². The van der Waals surface area contributed by atoms with Crippen molar-refractivity contribution in [3.63, 3.8) is 0 Å². The van der Waals surface area contributed by atoms with Gasteiger partial charge in [-0.2, -0.15) is 0 Å². The molecular formula is C32H51Cl5O5Si2. The summed E-state index contributed by atoms with van der Waals surface area (Å²) in [6.07, 6.45) is 1.37. The zero-order valence-electron chi connectivity index (χ0n) is 27.7. The molecule has 0 saturated carbocycles. The molecule has 44 heavy (non-hydrogen) atoms. The number of hydrogen-bond donors (Lipinski definition) is 0. The zero-order chi connectivity index (χ0) is 33.6. The average molecular weight is 749 g/mol. The topological polar surface area (TPSA) is 46.2 Å². The molecule has 0 saturated heterocycles. The van der Waals surface area contributed by atoms with Gasteiger partial charge in [-0.3, -0.25) is 0 Å². The molecule has 2 rings (SSSR count). The van der Waals surface area contributed by atoms with Gasteiger partial charge in [0.1, 0.15) is 13.8 Å². The molecule has 3 unspecified atom stereocenters. The quantitative estimate of drug-likeness (QED) is 0.112. The molecular weight excluding hydrogens is 698 g/mol. The molecule has 0 radical (unpaired) electrons. The Morgan fingerprint density at radius 1 is 0.568 bits per heavy atom. The fraction of sp³-hybridized carbons (Fsp3) is 0.625.